The molecular formula is C19H20BrF3N4O. The van der Waals surface area contributed by atoms with Crippen molar-refractivity contribution in [2.24, 2.45) is 5.92 Å². The maximum atomic E-state index is 13.5. The molecular weight excluding hydrogens is 437 g/mol. The van der Waals surface area contributed by atoms with Gasteiger partial charge in [-0.2, -0.15) is 13.2 Å². The number of rotatable bonds is 5. The Kier molecular flexibility index (Phi) is 6.53. The minimum absolute atomic E-state index is 0.228. The van der Waals surface area contributed by atoms with Crippen molar-refractivity contribution >= 4 is 33.5 Å². The summed E-state index contributed by atoms with van der Waals surface area (Å²) in [5, 5.41) is 5.34. The standard InChI is InChI=1S/C19H20BrF3N4O/c20-13-7-4-8-14(9-13)26-18-25-11-15(16(27-18)19(21,22)23)17(28)24-10-12-5-2-1-3-6-12/h4,7-9,11-12H,1-3,5-6,10H2,(H,24,28)(H,25,26,27). The molecule has 1 fully saturated rings. The van der Waals surface area contributed by atoms with Crippen LogP contribution in [-0.2, 0) is 6.18 Å². The Hall–Kier alpha value is -2.16. The van der Waals surface area contributed by atoms with Crippen molar-refractivity contribution < 1.29 is 18.0 Å². The molecule has 1 aliphatic carbocycles. The number of amides is 1. The van der Waals surface area contributed by atoms with E-state index in [2.05, 4.69) is 36.5 Å². The van der Waals surface area contributed by atoms with Gasteiger partial charge in [0, 0.05) is 22.9 Å². The van der Waals surface area contributed by atoms with Crippen LogP contribution in [-0.4, -0.2) is 22.4 Å². The molecule has 3 rings (SSSR count). The molecule has 1 aliphatic rings. The molecule has 0 saturated heterocycles. The molecule has 1 aromatic carbocycles. The Morgan fingerprint density at radius 2 is 1.96 bits per heavy atom. The second kappa shape index (κ2) is 8.89. The first-order valence-corrected chi connectivity index (χ1v) is 9.87. The van der Waals surface area contributed by atoms with Crippen LogP contribution in [0.4, 0.5) is 24.8 Å². The normalized spacial score (nSPS) is 15.3. The zero-order chi connectivity index (χ0) is 20.1. The molecule has 1 amide bonds. The number of nitrogens with one attached hydrogen (secondary N) is 2. The fourth-order valence-electron chi connectivity index (χ4n) is 3.24. The average molecular weight is 457 g/mol. The Bertz CT molecular complexity index is 838. The second-order valence-corrected chi connectivity index (χ2v) is 7.72. The largest absolute Gasteiger partial charge is 0.434 e. The van der Waals surface area contributed by atoms with E-state index in [0.717, 1.165) is 36.4 Å². The first-order valence-electron chi connectivity index (χ1n) is 9.08. The van der Waals surface area contributed by atoms with Crippen molar-refractivity contribution in [2.45, 2.75) is 38.3 Å². The van der Waals surface area contributed by atoms with Gasteiger partial charge in [-0.1, -0.05) is 41.3 Å². The third kappa shape index (κ3) is 5.43. The van der Waals surface area contributed by atoms with E-state index in [9.17, 15) is 18.0 Å². The molecule has 150 valence electrons. The number of benzene rings is 1. The van der Waals surface area contributed by atoms with E-state index in [1.807, 2.05) is 0 Å². The Morgan fingerprint density at radius 1 is 1.21 bits per heavy atom. The van der Waals surface area contributed by atoms with E-state index in [0.29, 0.717) is 18.2 Å². The number of alkyl halides is 3. The van der Waals surface area contributed by atoms with Gasteiger partial charge in [-0.15, -0.1) is 0 Å². The number of carbonyl (C=O) groups is 1. The van der Waals surface area contributed by atoms with Crippen LogP contribution in [0.1, 0.15) is 48.2 Å². The van der Waals surface area contributed by atoms with Gasteiger partial charge in [-0.05, 0) is 37.0 Å². The number of hydrogen-bond donors (Lipinski definition) is 2. The van der Waals surface area contributed by atoms with Crippen LogP contribution in [0.2, 0.25) is 0 Å². The van der Waals surface area contributed by atoms with Crippen molar-refractivity contribution in [1.82, 2.24) is 15.3 Å². The van der Waals surface area contributed by atoms with E-state index in [1.165, 1.54) is 6.42 Å². The first kappa shape index (κ1) is 20.6. The van der Waals surface area contributed by atoms with Gasteiger partial charge in [0.25, 0.3) is 5.91 Å². The highest BCUT2D eigenvalue weighted by molar-refractivity contribution is 9.10. The molecule has 9 heteroatoms. The van der Waals surface area contributed by atoms with E-state index >= 15 is 0 Å². The van der Waals surface area contributed by atoms with Crippen LogP contribution in [0.15, 0.2) is 34.9 Å². The number of aromatic nitrogens is 2. The summed E-state index contributed by atoms with van der Waals surface area (Å²) in [6, 6.07) is 6.87. The highest BCUT2D eigenvalue weighted by Crippen LogP contribution is 2.31. The lowest BCUT2D eigenvalue weighted by atomic mass is 9.89. The lowest BCUT2D eigenvalue weighted by molar-refractivity contribution is -0.141. The van der Waals surface area contributed by atoms with Crippen LogP contribution in [0, 0.1) is 5.92 Å². The fourth-order valence-corrected chi connectivity index (χ4v) is 3.64. The summed E-state index contributed by atoms with van der Waals surface area (Å²) in [7, 11) is 0. The van der Waals surface area contributed by atoms with Crippen molar-refractivity contribution in [1.29, 1.82) is 0 Å². The van der Waals surface area contributed by atoms with Crippen molar-refractivity contribution in [3.05, 3.63) is 46.2 Å². The van der Waals surface area contributed by atoms with Gasteiger partial charge in [-0.3, -0.25) is 4.79 Å². The quantitative estimate of drug-likeness (QED) is 0.639. The highest BCUT2D eigenvalue weighted by atomic mass is 79.9. The maximum Gasteiger partial charge on any atom is 0.434 e. The molecule has 2 aromatic rings. The van der Waals surface area contributed by atoms with Crippen LogP contribution in [0.5, 0.6) is 0 Å². The predicted octanol–water partition coefficient (Wildman–Crippen LogP) is 5.31. The molecule has 28 heavy (non-hydrogen) atoms. The third-order valence-corrected chi connectivity index (χ3v) is 5.15. The third-order valence-electron chi connectivity index (χ3n) is 4.66. The number of anilines is 2. The zero-order valence-corrected chi connectivity index (χ0v) is 16.6. The van der Waals surface area contributed by atoms with Crippen LogP contribution < -0.4 is 10.6 Å². The highest BCUT2D eigenvalue weighted by Gasteiger charge is 2.38. The summed E-state index contributed by atoms with van der Waals surface area (Å²) in [6.07, 6.45) is 1.47. The molecule has 0 radical (unpaired) electrons. The van der Waals surface area contributed by atoms with Crippen LogP contribution >= 0.6 is 15.9 Å². The molecule has 0 spiro atoms. The van der Waals surface area contributed by atoms with Gasteiger partial charge < -0.3 is 10.6 Å². The molecule has 0 aliphatic heterocycles. The van der Waals surface area contributed by atoms with Gasteiger partial charge in [0.2, 0.25) is 5.95 Å². The summed E-state index contributed by atoms with van der Waals surface area (Å²) in [4.78, 5) is 19.8. The zero-order valence-electron chi connectivity index (χ0n) is 15.0. The van der Waals surface area contributed by atoms with Gasteiger partial charge in [0.15, 0.2) is 5.69 Å². The average Bonchev–Trinajstić information content (AvgIpc) is 2.66. The molecule has 5 nitrogen and oxygen atoms in total. The van der Waals surface area contributed by atoms with E-state index in [1.54, 1.807) is 24.3 Å². The smallest absolute Gasteiger partial charge is 0.352 e. The Balaban J connectivity index is 1.77. The molecule has 1 saturated carbocycles. The minimum Gasteiger partial charge on any atom is -0.352 e. The van der Waals surface area contributed by atoms with Gasteiger partial charge in [-0.25, -0.2) is 9.97 Å². The van der Waals surface area contributed by atoms with E-state index in [4.69, 9.17) is 0 Å². The van der Waals surface area contributed by atoms with Crippen molar-refractivity contribution in [2.75, 3.05) is 11.9 Å². The van der Waals surface area contributed by atoms with Crippen LogP contribution in [0.25, 0.3) is 0 Å². The summed E-state index contributed by atoms with van der Waals surface area (Å²) in [5.74, 6) is -0.716. The number of carbonyl (C=O) groups excluding carboxylic acids is 1. The summed E-state index contributed by atoms with van der Waals surface area (Å²) < 4.78 is 41.2. The molecule has 0 unspecified atom stereocenters. The molecule has 0 bridgehead atoms. The van der Waals surface area contributed by atoms with Crippen molar-refractivity contribution in [3.63, 3.8) is 0 Å². The number of nitrogens with zero attached hydrogens (tertiary/aromatic N) is 2. The van der Waals surface area contributed by atoms with E-state index < -0.39 is 23.3 Å². The van der Waals surface area contributed by atoms with Gasteiger partial charge in [0.05, 0.1) is 5.56 Å². The van der Waals surface area contributed by atoms with Gasteiger partial charge in [0.1, 0.15) is 0 Å². The Labute approximate surface area is 169 Å². The van der Waals surface area contributed by atoms with Crippen molar-refractivity contribution in [3.8, 4) is 0 Å². The molecule has 1 heterocycles. The monoisotopic (exact) mass is 456 g/mol. The molecule has 1 aromatic heterocycles. The summed E-state index contributed by atoms with van der Waals surface area (Å²) in [6.45, 7) is 0.369. The first-order chi connectivity index (χ1) is 13.3. The lowest BCUT2D eigenvalue weighted by Crippen LogP contribution is -2.32. The number of halogens is 4. The molecule has 2 N–H and O–H groups in total. The fraction of sp³-hybridized carbons (Fsp3) is 0.421. The summed E-state index contributed by atoms with van der Waals surface area (Å²) >= 11 is 3.29. The lowest BCUT2D eigenvalue weighted by Gasteiger charge is -2.22. The number of hydrogen-bond acceptors (Lipinski definition) is 4. The van der Waals surface area contributed by atoms with Gasteiger partial charge >= 0.3 is 6.18 Å². The predicted molar refractivity (Wildman–Crippen MR) is 103 cm³/mol. The summed E-state index contributed by atoms with van der Waals surface area (Å²) in [5.41, 5.74) is -1.29. The SMILES string of the molecule is O=C(NCC1CCCCC1)c1cnc(Nc2cccc(Br)c2)nc1C(F)(F)F. The van der Waals surface area contributed by atoms with Crippen LogP contribution in [0.3, 0.4) is 0 Å². The molecule has 0 atom stereocenters. The second-order valence-electron chi connectivity index (χ2n) is 6.80. The topological polar surface area (TPSA) is 66.9 Å². The Morgan fingerprint density at radius 3 is 2.64 bits per heavy atom. The minimum atomic E-state index is -4.77. The van der Waals surface area contributed by atoms with E-state index in [-0.39, 0.29) is 5.95 Å². The maximum absolute atomic E-state index is 13.5.